The van der Waals surface area contributed by atoms with Crippen molar-refractivity contribution in [1.82, 2.24) is 4.72 Å². The lowest BCUT2D eigenvalue weighted by molar-refractivity contribution is 0.120. The molecule has 1 saturated carbocycles. The van der Waals surface area contributed by atoms with Crippen LogP contribution in [0.15, 0.2) is 29.2 Å². The van der Waals surface area contributed by atoms with Crippen LogP contribution in [0.25, 0.3) is 0 Å². The van der Waals surface area contributed by atoms with Gasteiger partial charge in [-0.05, 0) is 43.9 Å². The molecule has 0 radical (unpaired) electrons. The van der Waals surface area contributed by atoms with Gasteiger partial charge in [0.1, 0.15) is 5.82 Å². The Kier molecular flexibility index (Phi) is 3.99. The number of halogens is 1. The lowest BCUT2D eigenvalue weighted by Gasteiger charge is -2.25. The van der Waals surface area contributed by atoms with E-state index in [-0.39, 0.29) is 17.0 Å². The highest BCUT2D eigenvalue weighted by molar-refractivity contribution is 7.89. The van der Waals surface area contributed by atoms with Gasteiger partial charge in [-0.1, -0.05) is 6.07 Å². The smallest absolute Gasteiger partial charge is 0.240 e. The summed E-state index contributed by atoms with van der Waals surface area (Å²) in [5, 5.41) is 9.35. The molecule has 0 atom stereocenters. The molecule has 0 spiro atoms. The van der Waals surface area contributed by atoms with Crippen LogP contribution in [0.3, 0.4) is 0 Å². The Morgan fingerprint density at radius 1 is 1.22 bits per heavy atom. The van der Waals surface area contributed by atoms with E-state index in [0.717, 1.165) is 6.07 Å². The molecule has 6 heteroatoms. The standard InChI is InChI=1S/C12H16FNO3S/c13-9-2-1-3-12(8-9)18(16,17)14-10-4-6-11(15)7-5-10/h1-3,8,10-11,14-15H,4-7H2. The fraction of sp³-hybridized carbons (Fsp3) is 0.500. The maximum atomic E-state index is 13.0. The van der Waals surface area contributed by atoms with E-state index in [4.69, 9.17) is 0 Å². The van der Waals surface area contributed by atoms with E-state index in [1.54, 1.807) is 0 Å². The van der Waals surface area contributed by atoms with E-state index in [1.807, 2.05) is 0 Å². The van der Waals surface area contributed by atoms with Crippen LogP contribution in [0.4, 0.5) is 4.39 Å². The largest absolute Gasteiger partial charge is 0.393 e. The zero-order valence-electron chi connectivity index (χ0n) is 9.84. The number of hydrogen-bond donors (Lipinski definition) is 2. The Morgan fingerprint density at radius 2 is 1.89 bits per heavy atom. The van der Waals surface area contributed by atoms with Crippen LogP contribution in [0.1, 0.15) is 25.7 Å². The predicted molar refractivity (Wildman–Crippen MR) is 65.0 cm³/mol. The quantitative estimate of drug-likeness (QED) is 0.875. The fourth-order valence-corrected chi connectivity index (χ4v) is 3.45. The van der Waals surface area contributed by atoms with E-state index in [9.17, 15) is 17.9 Å². The molecule has 4 nitrogen and oxygen atoms in total. The molecule has 0 unspecified atom stereocenters. The lowest BCUT2D eigenvalue weighted by atomic mass is 9.94. The van der Waals surface area contributed by atoms with Crippen molar-refractivity contribution < 1.29 is 17.9 Å². The summed E-state index contributed by atoms with van der Waals surface area (Å²) in [7, 11) is -3.67. The molecule has 0 bridgehead atoms. The molecule has 0 amide bonds. The second kappa shape index (κ2) is 5.34. The van der Waals surface area contributed by atoms with Crippen LogP contribution in [-0.2, 0) is 10.0 Å². The first-order valence-corrected chi connectivity index (χ1v) is 7.41. The monoisotopic (exact) mass is 273 g/mol. The summed E-state index contributed by atoms with van der Waals surface area (Å²) < 4.78 is 39.5. The molecule has 1 aromatic rings. The highest BCUT2D eigenvalue weighted by Gasteiger charge is 2.24. The number of aliphatic hydroxyl groups excluding tert-OH is 1. The Bertz CT molecular complexity index is 510. The number of benzene rings is 1. The maximum absolute atomic E-state index is 13.0. The van der Waals surface area contributed by atoms with Gasteiger partial charge in [0.15, 0.2) is 0 Å². The first-order chi connectivity index (χ1) is 8.47. The average molecular weight is 273 g/mol. The normalized spacial score (nSPS) is 25.0. The molecule has 1 aliphatic carbocycles. The summed E-state index contributed by atoms with van der Waals surface area (Å²) in [5.74, 6) is -0.572. The van der Waals surface area contributed by atoms with Crippen molar-refractivity contribution in [3.63, 3.8) is 0 Å². The Balaban J connectivity index is 2.08. The van der Waals surface area contributed by atoms with Crippen molar-refractivity contribution in [3.8, 4) is 0 Å². The van der Waals surface area contributed by atoms with E-state index < -0.39 is 15.8 Å². The number of nitrogens with one attached hydrogen (secondary N) is 1. The lowest BCUT2D eigenvalue weighted by Crippen LogP contribution is -2.38. The van der Waals surface area contributed by atoms with Gasteiger partial charge in [-0.2, -0.15) is 0 Å². The van der Waals surface area contributed by atoms with Gasteiger partial charge in [0.2, 0.25) is 10.0 Å². The van der Waals surface area contributed by atoms with Gasteiger partial charge in [0, 0.05) is 6.04 Å². The molecule has 100 valence electrons. The molecule has 1 aliphatic rings. The van der Waals surface area contributed by atoms with Crippen LogP contribution in [0.5, 0.6) is 0 Å². The van der Waals surface area contributed by atoms with Crippen LogP contribution >= 0.6 is 0 Å². The second-order valence-corrected chi connectivity index (χ2v) is 6.30. The third-order valence-corrected chi connectivity index (χ3v) is 4.64. The molecule has 1 fully saturated rings. The van der Waals surface area contributed by atoms with Gasteiger partial charge >= 0.3 is 0 Å². The first kappa shape index (κ1) is 13.5. The van der Waals surface area contributed by atoms with Crippen LogP contribution < -0.4 is 4.72 Å². The van der Waals surface area contributed by atoms with Crippen LogP contribution in [0, 0.1) is 5.82 Å². The predicted octanol–water partition coefficient (Wildman–Crippen LogP) is 1.41. The van der Waals surface area contributed by atoms with E-state index in [2.05, 4.69) is 4.72 Å². The Morgan fingerprint density at radius 3 is 2.50 bits per heavy atom. The summed E-state index contributed by atoms with van der Waals surface area (Å²) in [6, 6.07) is 4.76. The van der Waals surface area contributed by atoms with Crippen molar-refractivity contribution in [1.29, 1.82) is 0 Å². The van der Waals surface area contributed by atoms with Gasteiger partial charge in [-0.15, -0.1) is 0 Å². The summed E-state index contributed by atoms with van der Waals surface area (Å²) in [6.07, 6.45) is 2.07. The topological polar surface area (TPSA) is 66.4 Å². The first-order valence-electron chi connectivity index (χ1n) is 5.93. The van der Waals surface area contributed by atoms with Gasteiger partial charge < -0.3 is 5.11 Å². The Hall–Kier alpha value is -0.980. The number of rotatable bonds is 3. The molecule has 2 rings (SSSR count). The number of aliphatic hydroxyl groups is 1. The molecule has 2 N–H and O–H groups in total. The van der Waals surface area contributed by atoms with Crippen molar-refractivity contribution in [2.24, 2.45) is 0 Å². The molecular formula is C12H16FNO3S. The average Bonchev–Trinajstić information content (AvgIpc) is 2.32. The highest BCUT2D eigenvalue weighted by Crippen LogP contribution is 2.20. The Labute approximate surface area is 106 Å². The number of sulfonamides is 1. The zero-order valence-corrected chi connectivity index (χ0v) is 10.7. The van der Waals surface area contributed by atoms with Crippen LogP contribution in [0.2, 0.25) is 0 Å². The highest BCUT2D eigenvalue weighted by atomic mass is 32.2. The summed E-state index contributed by atoms with van der Waals surface area (Å²) in [5.41, 5.74) is 0. The molecular weight excluding hydrogens is 257 g/mol. The molecule has 0 aromatic heterocycles. The minimum atomic E-state index is -3.67. The minimum Gasteiger partial charge on any atom is -0.393 e. The van der Waals surface area contributed by atoms with Crippen molar-refractivity contribution >= 4 is 10.0 Å². The van der Waals surface area contributed by atoms with Crippen molar-refractivity contribution in [3.05, 3.63) is 30.1 Å². The minimum absolute atomic E-state index is 0.0615. The summed E-state index contributed by atoms with van der Waals surface area (Å²) >= 11 is 0. The zero-order chi connectivity index (χ0) is 13.2. The van der Waals surface area contributed by atoms with Gasteiger partial charge in [-0.25, -0.2) is 17.5 Å². The van der Waals surface area contributed by atoms with Gasteiger partial charge in [0.05, 0.1) is 11.0 Å². The molecule has 0 aliphatic heterocycles. The van der Waals surface area contributed by atoms with E-state index in [1.165, 1.54) is 18.2 Å². The van der Waals surface area contributed by atoms with Crippen LogP contribution in [-0.4, -0.2) is 25.7 Å². The third-order valence-electron chi connectivity index (χ3n) is 3.12. The van der Waals surface area contributed by atoms with Gasteiger partial charge in [0.25, 0.3) is 0 Å². The molecule has 18 heavy (non-hydrogen) atoms. The third kappa shape index (κ3) is 3.28. The SMILES string of the molecule is O=S(=O)(NC1CCC(O)CC1)c1cccc(F)c1. The summed E-state index contributed by atoms with van der Waals surface area (Å²) in [6.45, 7) is 0. The van der Waals surface area contributed by atoms with Gasteiger partial charge in [-0.3, -0.25) is 0 Å². The molecule has 0 heterocycles. The fourth-order valence-electron chi connectivity index (χ4n) is 2.12. The number of hydrogen-bond acceptors (Lipinski definition) is 3. The van der Waals surface area contributed by atoms with Crippen molar-refractivity contribution in [2.75, 3.05) is 0 Å². The molecule has 1 aromatic carbocycles. The molecule has 0 saturated heterocycles. The summed E-state index contributed by atoms with van der Waals surface area (Å²) in [4.78, 5) is -0.0615. The van der Waals surface area contributed by atoms with Crippen molar-refractivity contribution in [2.45, 2.75) is 42.7 Å². The van der Waals surface area contributed by atoms with E-state index in [0.29, 0.717) is 25.7 Å². The van der Waals surface area contributed by atoms with E-state index >= 15 is 0 Å². The second-order valence-electron chi connectivity index (χ2n) is 4.58. The maximum Gasteiger partial charge on any atom is 0.240 e.